The number of carboxylic acid groups (broad SMARTS) is 2. The quantitative estimate of drug-likeness (QED) is 0.591. The van der Waals surface area contributed by atoms with Gasteiger partial charge in [-0.15, -0.1) is 0 Å². The number of nitrogens with zero attached hydrogens (tertiary/aromatic N) is 2. The number of hydrogen-bond acceptors (Lipinski definition) is 3. The van der Waals surface area contributed by atoms with E-state index in [1.165, 1.54) is 9.13 Å². The Morgan fingerprint density at radius 2 is 1.57 bits per heavy atom. The van der Waals surface area contributed by atoms with Gasteiger partial charge in [0.25, 0.3) is 0 Å². The largest absolute Gasteiger partial charge is 0.478 e. The Kier molecular flexibility index (Phi) is 6.20. The molecule has 0 radical (unpaired) electrons. The molecule has 0 fully saturated rings. The average Bonchev–Trinajstić information content (AvgIpc) is 3.00. The predicted molar refractivity (Wildman–Crippen MR) is 113 cm³/mol. The highest BCUT2D eigenvalue weighted by molar-refractivity contribution is 5.96. The first-order valence-corrected chi connectivity index (χ1v) is 9.86. The van der Waals surface area contributed by atoms with E-state index in [4.69, 9.17) is 0 Å². The Balaban J connectivity index is 2.00. The van der Waals surface area contributed by atoms with Crippen molar-refractivity contribution in [3.63, 3.8) is 0 Å². The van der Waals surface area contributed by atoms with Gasteiger partial charge >= 0.3 is 17.6 Å². The Labute approximate surface area is 173 Å². The van der Waals surface area contributed by atoms with Crippen molar-refractivity contribution in [3.8, 4) is 11.1 Å². The minimum atomic E-state index is -1.10. The number of imidazole rings is 1. The monoisotopic (exact) mass is 408 g/mol. The number of benzene rings is 2. The second-order valence-electron chi connectivity index (χ2n) is 7.01. The van der Waals surface area contributed by atoms with E-state index >= 15 is 0 Å². The van der Waals surface area contributed by atoms with Crippen molar-refractivity contribution < 1.29 is 19.8 Å². The maximum atomic E-state index is 12.8. The summed E-state index contributed by atoms with van der Waals surface area (Å²) in [6.45, 7) is 4.23. The molecule has 0 aliphatic heterocycles. The van der Waals surface area contributed by atoms with E-state index in [-0.39, 0.29) is 30.0 Å². The predicted octanol–water partition coefficient (Wildman–Crippen LogP) is 3.73. The van der Waals surface area contributed by atoms with Crippen molar-refractivity contribution in [2.45, 2.75) is 39.8 Å². The number of carboxylic acids is 2. The fourth-order valence-electron chi connectivity index (χ4n) is 3.72. The van der Waals surface area contributed by atoms with Gasteiger partial charge in [-0.25, -0.2) is 14.4 Å². The molecule has 2 aromatic carbocycles. The van der Waals surface area contributed by atoms with Crippen LogP contribution in [0.3, 0.4) is 0 Å². The number of rotatable bonds is 8. The summed E-state index contributed by atoms with van der Waals surface area (Å²) in [5.74, 6) is -2.09. The molecule has 0 spiro atoms. The highest BCUT2D eigenvalue weighted by Crippen LogP contribution is 2.24. The Hall–Kier alpha value is -3.61. The molecule has 0 saturated heterocycles. The molecular weight excluding hydrogens is 384 g/mol. The van der Waals surface area contributed by atoms with Crippen LogP contribution >= 0.6 is 0 Å². The molecule has 3 aromatic rings. The Bertz CT molecular complexity index is 1140. The van der Waals surface area contributed by atoms with Gasteiger partial charge in [0, 0.05) is 6.54 Å². The first-order chi connectivity index (χ1) is 14.4. The zero-order chi connectivity index (χ0) is 21.8. The maximum Gasteiger partial charge on any atom is 0.354 e. The molecule has 0 aliphatic rings. The van der Waals surface area contributed by atoms with E-state index in [9.17, 15) is 24.6 Å². The minimum absolute atomic E-state index is 0.0522. The van der Waals surface area contributed by atoms with Gasteiger partial charge in [0.05, 0.1) is 17.8 Å². The lowest BCUT2D eigenvalue weighted by Gasteiger charge is -2.10. The summed E-state index contributed by atoms with van der Waals surface area (Å²) in [5.41, 5.74) is 2.67. The summed E-state index contributed by atoms with van der Waals surface area (Å²) < 4.78 is 2.82. The van der Waals surface area contributed by atoms with Crippen molar-refractivity contribution in [1.29, 1.82) is 0 Å². The van der Waals surface area contributed by atoms with E-state index in [1.54, 1.807) is 31.2 Å². The van der Waals surface area contributed by atoms with Crippen molar-refractivity contribution >= 4 is 11.9 Å². The lowest BCUT2D eigenvalue weighted by atomic mass is 9.99. The van der Waals surface area contributed by atoms with Gasteiger partial charge < -0.3 is 10.2 Å². The third kappa shape index (κ3) is 3.91. The highest BCUT2D eigenvalue weighted by atomic mass is 16.4. The first kappa shape index (κ1) is 21.1. The molecule has 30 heavy (non-hydrogen) atoms. The lowest BCUT2D eigenvalue weighted by Crippen LogP contribution is -2.26. The molecule has 1 heterocycles. The van der Waals surface area contributed by atoms with Crippen LogP contribution in [-0.2, 0) is 19.5 Å². The van der Waals surface area contributed by atoms with E-state index in [0.29, 0.717) is 17.7 Å². The molecule has 0 atom stereocenters. The van der Waals surface area contributed by atoms with Crippen LogP contribution in [0.15, 0.2) is 53.3 Å². The van der Waals surface area contributed by atoms with Crippen LogP contribution in [0, 0.1) is 0 Å². The summed E-state index contributed by atoms with van der Waals surface area (Å²) in [6.07, 6.45) is 1.21. The molecule has 0 saturated carbocycles. The molecule has 1 aromatic heterocycles. The smallest absolute Gasteiger partial charge is 0.354 e. The normalized spacial score (nSPS) is 10.9. The molecule has 0 aliphatic carbocycles. The van der Waals surface area contributed by atoms with E-state index in [1.807, 2.05) is 31.2 Å². The van der Waals surface area contributed by atoms with Crippen molar-refractivity contribution in [2.75, 3.05) is 0 Å². The van der Waals surface area contributed by atoms with Crippen LogP contribution in [0.2, 0.25) is 0 Å². The molecule has 0 amide bonds. The van der Waals surface area contributed by atoms with Crippen LogP contribution in [0.25, 0.3) is 11.1 Å². The van der Waals surface area contributed by atoms with E-state index in [2.05, 4.69) is 0 Å². The molecule has 7 heteroatoms. The zero-order valence-electron chi connectivity index (χ0n) is 17.0. The SMILES string of the molecule is CCCc1c(C(=O)O)n(CC)c(=O)n1Cc1ccc(-c2ccccc2C(=O)O)cc1. The molecule has 0 bridgehead atoms. The van der Waals surface area contributed by atoms with Crippen LogP contribution in [-0.4, -0.2) is 31.3 Å². The second kappa shape index (κ2) is 8.82. The van der Waals surface area contributed by atoms with Crippen molar-refractivity contribution in [2.24, 2.45) is 0 Å². The number of aromatic nitrogens is 2. The van der Waals surface area contributed by atoms with Crippen LogP contribution < -0.4 is 5.69 Å². The molecule has 3 rings (SSSR count). The summed E-state index contributed by atoms with van der Waals surface area (Å²) >= 11 is 0. The van der Waals surface area contributed by atoms with Gasteiger partial charge in [-0.05, 0) is 36.1 Å². The Morgan fingerprint density at radius 3 is 2.13 bits per heavy atom. The topological polar surface area (TPSA) is 102 Å². The van der Waals surface area contributed by atoms with Crippen LogP contribution in [0.1, 0.15) is 52.4 Å². The summed E-state index contributed by atoms with van der Waals surface area (Å²) in [6, 6.07) is 14.1. The van der Waals surface area contributed by atoms with E-state index in [0.717, 1.165) is 17.5 Å². The van der Waals surface area contributed by atoms with Crippen LogP contribution in [0.5, 0.6) is 0 Å². The summed E-state index contributed by atoms with van der Waals surface area (Å²) in [7, 11) is 0. The molecule has 2 N–H and O–H groups in total. The number of aromatic carboxylic acids is 2. The first-order valence-electron chi connectivity index (χ1n) is 9.86. The lowest BCUT2D eigenvalue weighted by molar-refractivity contribution is 0.0677. The average molecular weight is 408 g/mol. The van der Waals surface area contributed by atoms with Gasteiger partial charge in [-0.1, -0.05) is 55.8 Å². The maximum absolute atomic E-state index is 12.8. The second-order valence-corrected chi connectivity index (χ2v) is 7.01. The summed E-state index contributed by atoms with van der Waals surface area (Å²) in [5, 5.41) is 19.0. The van der Waals surface area contributed by atoms with Crippen LogP contribution in [0.4, 0.5) is 0 Å². The standard InChI is InChI=1S/C23H24N2O5/c1-3-7-19-20(22(28)29)24(4-2)23(30)25(19)14-15-10-12-16(13-11-15)17-8-5-6-9-18(17)21(26)27/h5-6,8-13H,3-4,7,14H2,1-2H3,(H,26,27)(H,28,29). The molecule has 0 unspecified atom stereocenters. The van der Waals surface area contributed by atoms with Gasteiger partial charge in [0.2, 0.25) is 0 Å². The molecular formula is C23H24N2O5. The number of carbonyl (C=O) groups is 2. The molecule has 156 valence electrons. The fourth-order valence-corrected chi connectivity index (χ4v) is 3.72. The van der Waals surface area contributed by atoms with Gasteiger partial charge in [-0.3, -0.25) is 9.13 Å². The molecule has 7 nitrogen and oxygen atoms in total. The third-order valence-electron chi connectivity index (χ3n) is 5.10. The fraction of sp³-hybridized carbons (Fsp3) is 0.261. The van der Waals surface area contributed by atoms with E-state index < -0.39 is 11.9 Å². The van der Waals surface area contributed by atoms with Crippen molar-refractivity contribution in [3.05, 3.63) is 81.5 Å². The van der Waals surface area contributed by atoms with Gasteiger partial charge in [-0.2, -0.15) is 0 Å². The van der Waals surface area contributed by atoms with Gasteiger partial charge in [0.1, 0.15) is 0 Å². The minimum Gasteiger partial charge on any atom is -0.478 e. The van der Waals surface area contributed by atoms with Gasteiger partial charge in [0.15, 0.2) is 5.69 Å². The highest BCUT2D eigenvalue weighted by Gasteiger charge is 2.23. The zero-order valence-corrected chi connectivity index (χ0v) is 17.0. The summed E-state index contributed by atoms with van der Waals surface area (Å²) in [4.78, 5) is 36.1. The number of hydrogen-bond donors (Lipinski definition) is 2. The van der Waals surface area contributed by atoms with Crippen molar-refractivity contribution in [1.82, 2.24) is 9.13 Å². The third-order valence-corrected chi connectivity index (χ3v) is 5.10. The Morgan fingerprint density at radius 1 is 0.900 bits per heavy atom.